The first kappa shape index (κ1) is 14.5. The predicted octanol–water partition coefficient (Wildman–Crippen LogP) is 2.00. The molecule has 2 aromatic rings. The van der Waals surface area contributed by atoms with E-state index in [0.717, 1.165) is 0 Å². The molecule has 0 bridgehead atoms. The van der Waals surface area contributed by atoms with Crippen LogP contribution in [0.5, 0.6) is 0 Å². The fraction of sp³-hybridized carbons (Fsp3) is 0.100. The Bertz CT molecular complexity index is 663. The Morgan fingerprint density at radius 2 is 1.95 bits per heavy atom. The number of sulfonamides is 1. The summed E-state index contributed by atoms with van der Waals surface area (Å²) in [5, 5.41) is 0. The molecule has 6 nitrogen and oxygen atoms in total. The number of hydrogen-bond acceptors (Lipinski definition) is 4. The van der Waals surface area contributed by atoms with Crippen molar-refractivity contribution in [2.75, 3.05) is 5.73 Å². The SMILES string of the molecule is Nc1cc(Br)c(S(=O)(=O)NCc2cnc[nH]2)c(Br)c1. The third-order valence-electron chi connectivity index (χ3n) is 2.30. The summed E-state index contributed by atoms with van der Waals surface area (Å²) in [6, 6.07) is 3.07. The Morgan fingerprint density at radius 1 is 1.32 bits per heavy atom. The number of hydrogen-bond donors (Lipinski definition) is 3. The Balaban J connectivity index is 2.29. The number of benzene rings is 1. The summed E-state index contributed by atoms with van der Waals surface area (Å²) in [5.74, 6) is 0. The maximum Gasteiger partial charge on any atom is 0.243 e. The molecule has 0 aliphatic carbocycles. The Hall–Kier alpha value is -0.900. The number of nitrogens with one attached hydrogen (secondary N) is 2. The van der Waals surface area contributed by atoms with Crippen LogP contribution in [0, 0.1) is 0 Å². The molecule has 0 saturated carbocycles. The van der Waals surface area contributed by atoms with Gasteiger partial charge in [0.05, 0.1) is 12.9 Å². The van der Waals surface area contributed by atoms with Crippen molar-refractivity contribution in [3.05, 3.63) is 39.3 Å². The van der Waals surface area contributed by atoms with E-state index in [-0.39, 0.29) is 11.4 Å². The molecule has 0 amide bonds. The first-order valence-electron chi connectivity index (χ1n) is 5.11. The molecule has 0 unspecified atom stereocenters. The zero-order valence-corrected chi connectivity index (χ0v) is 13.5. The molecule has 1 heterocycles. The van der Waals surface area contributed by atoms with Crippen molar-refractivity contribution < 1.29 is 8.42 Å². The lowest BCUT2D eigenvalue weighted by molar-refractivity contribution is 0.579. The minimum atomic E-state index is -3.66. The van der Waals surface area contributed by atoms with Crippen LogP contribution in [0.3, 0.4) is 0 Å². The van der Waals surface area contributed by atoms with E-state index in [1.165, 1.54) is 18.5 Å². The van der Waals surface area contributed by atoms with Crippen molar-refractivity contribution in [1.82, 2.24) is 14.7 Å². The van der Waals surface area contributed by atoms with Crippen LogP contribution in [0.15, 0.2) is 38.5 Å². The highest BCUT2D eigenvalue weighted by atomic mass is 79.9. The van der Waals surface area contributed by atoms with Gasteiger partial charge in [-0.2, -0.15) is 0 Å². The lowest BCUT2D eigenvalue weighted by Crippen LogP contribution is -2.24. The number of anilines is 1. The molecule has 0 saturated heterocycles. The van der Waals surface area contributed by atoms with Gasteiger partial charge in [0.2, 0.25) is 10.0 Å². The van der Waals surface area contributed by atoms with Crippen molar-refractivity contribution in [2.24, 2.45) is 0 Å². The molecule has 0 aliphatic rings. The van der Waals surface area contributed by atoms with E-state index < -0.39 is 10.0 Å². The van der Waals surface area contributed by atoms with Crippen molar-refractivity contribution in [2.45, 2.75) is 11.4 Å². The van der Waals surface area contributed by atoms with Gasteiger partial charge in [0, 0.05) is 26.5 Å². The van der Waals surface area contributed by atoms with E-state index in [1.807, 2.05) is 0 Å². The van der Waals surface area contributed by atoms with Crippen molar-refractivity contribution in [3.63, 3.8) is 0 Å². The van der Waals surface area contributed by atoms with Crippen LogP contribution in [0.1, 0.15) is 5.69 Å². The molecule has 0 radical (unpaired) electrons. The quantitative estimate of drug-likeness (QED) is 0.672. The maximum atomic E-state index is 12.2. The van der Waals surface area contributed by atoms with E-state index in [2.05, 4.69) is 46.5 Å². The molecule has 19 heavy (non-hydrogen) atoms. The van der Waals surface area contributed by atoms with E-state index in [0.29, 0.717) is 20.3 Å². The number of H-pyrrole nitrogens is 1. The summed E-state index contributed by atoms with van der Waals surface area (Å²) in [4.78, 5) is 6.75. The van der Waals surface area contributed by atoms with E-state index >= 15 is 0 Å². The molecule has 0 aliphatic heterocycles. The monoisotopic (exact) mass is 408 g/mol. The minimum absolute atomic E-state index is 0.112. The number of halogens is 2. The topological polar surface area (TPSA) is 101 Å². The number of rotatable bonds is 4. The fourth-order valence-corrected chi connectivity index (χ4v) is 5.08. The van der Waals surface area contributed by atoms with Gasteiger partial charge in [-0.3, -0.25) is 0 Å². The second kappa shape index (κ2) is 5.61. The average Bonchev–Trinajstić information content (AvgIpc) is 2.77. The first-order valence-corrected chi connectivity index (χ1v) is 8.18. The van der Waals surface area contributed by atoms with Gasteiger partial charge in [-0.15, -0.1) is 0 Å². The maximum absolute atomic E-state index is 12.2. The Kier molecular flexibility index (Phi) is 4.29. The standard InChI is InChI=1S/C10H10Br2N4O2S/c11-8-1-6(13)2-9(12)10(8)19(17,18)16-4-7-3-14-5-15-7/h1-3,5,16H,4,13H2,(H,14,15). The van der Waals surface area contributed by atoms with Crippen molar-refractivity contribution in [3.8, 4) is 0 Å². The molecular weight excluding hydrogens is 400 g/mol. The van der Waals surface area contributed by atoms with Crippen LogP contribution in [0.2, 0.25) is 0 Å². The number of aromatic amines is 1. The average molecular weight is 410 g/mol. The molecule has 1 aromatic heterocycles. The van der Waals surface area contributed by atoms with Crippen molar-refractivity contribution in [1.29, 1.82) is 0 Å². The van der Waals surface area contributed by atoms with E-state index in [4.69, 9.17) is 5.73 Å². The zero-order valence-electron chi connectivity index (χ0n) is 9.52. The van der Waals surface area contributed by atoms with Crippen LogP contribution >= 0.6 is 31.9 Å². The highest BCUT2D eigenvalue weighted by Crippen LogP contribution is 2.32. The highest BCUT2D eigenvalue weighted by Gasteiger charge is 2.21. The van der Waals surface area contributed by atoms with Gasteiger partial charge in [-0.05, 0) is 44.0 Å². The Labute approximate surface area is 127 Å². The first-order chi connectivity index (χ1) is 8.90. The highest BCUT2D eigenvalue weighted by molar-refractivity contribution is 9.11. The number of nitrogen functional groups attached to an aromatic ring is 1. The summed E-state index contributed by atoms with van der Waals surface area (Å²) < 4.78 is 27.7. The van der Waals surface area contributed by atoms with Gasteiger partial charge in [0.1, 0.15) is 4.90 Å². The van der Waals surface area contributed by atoms with E-state index in [1.54, 1.807) is 6.20 Å². The number of nitrogens with two attached hydrogens (primary N) is 1. The fourth-order valence-electron chi connectivity index (χ4n) is 1.46. The van der Waals surface area contributed by atoms with Gasteiger partial charge < -0.3 is 10.7 Å². The number of nitrogens with zero attached hydrogens (tertiary/aromatic N) is 1. The van der Waals surface area contributed by atoms with Gasteiger partial charge in [0.15, 0.2) is 0 Å². The molecule has 9 heteroatoms. The van der Waals surface area contributed by atoms with Crippen LogP contribution in [0.4, 0.5) is 5.69 Å². The van der Waals surface area contributed by atoms with E-state index in [9.17, 15) is 8.42 Å². The smallest absolute Gasteiger partial charge is 0.243 e. The molecule has 0 fully saturated rings. The van der Waals surface area contributed by atoms with Gasteiger partial charge in [-0.1, -0.05) is 0 Å². The summed E-state index contributed by atoms with van der Waals surface area (Å²) >= 11 is 6.41. The van der Waals surface area contributed by atoms with Crippen molar-refractivity contribution >= 4 is 47.6 Å². The zero-order chi connectivity index (χ0) is 14.0. The molecule has 102 valence electrons. The number of aromatic nitrogens is 2. The second-order valence-electron chi connectivity index (χ2n) is 3.72. The third kappa shape index (κ3) is 3.35. The van der Waals surface area contributed by atoms with Gasteiger partial charge in [0.25, 0.3) is 0 Å². The lowest BCUT2D eigenvalue weighted by Gasteiger charge is -2.10. The molecule has 4 N–H and O–H groups in total. The van der Waals surface area contributed by atoms with Crippen LogP contribution in [-0.4, -0.2) is 18.4 Å². The summed E-state index contributed by atoms with van der Waals surface area (Å²) in [5.41, 5.74) is 6.77. The third-order valence-corrected chi connectivity index (χ3v) is 5.57. The largest absolute Gasteiger partial charge is 0.399 e. The van der Waals surface area contributed by atoms with Crippen LogP contribution in [-0.2, 0) is 16.6 Å². The molecule has 2 rings (SSSR count). The predicted molar refractivity (Wildman–Crippen MR) is 78.9 cm³/mol. The molecule has 0 atom stereocenters. The van der Waals surface area contributed by atoms with Gasteiger partial charge >= 0.3 is 0 Å². The minimum Gasteiger partial charge on any atom is -0.399 e. The molecule has 0 spiro atoms. The summed E-state index contributed by atoms with van der Waals surface area (Å²) in [7, 11) is -3.66. The summed E-state index contributed by atoms with van der Waals surface area (Å²) in [6.45, 7) is 0.131. The second-order valence-corrected chi connectivity index (χ2v) is 7.13. The van der Waals surface area contributed by atoms with Crippen LogP contribution < -0.4 is 10.5 Å². The Morgan fingerprint density at radius 3 is 2.47 bits per heavy atom. The molecule has 1 aromatic carbocycles. The van der Waals surface area contributed by atoms with Crippen LogP contribution in [0.25, 0.3) is 0 Å². The normalized spacial score (nSPS) is 11.7. The lowest BCUT2D eigenvalue weighted by atomic mass is 10.3. The summed E-state index contributed by atoms with van der Waals surface area (Å²) in [6.07, 6.45) is 3.04. The molecular formula is C10H10Br2N4O2S. The number of imidazole rings is 1. The van der Waals surface area contributed by atoms with Gasteiger partial charge in [-0.25, -0.2) is 18.1 Å².